The molecular weight excluding hydrogens is 110 g/mol. The van der Waals surface area contributed by atoms with Crippen LogP contribution in [0.5, 0.6) is 0 Å². The molecule has 1 saturated carbocycles. The highest BCUT2D eigenvalue weighted by molar-refractivity contribution is 5.23. The number of rotatable bonds is 2. The Balaban J connectivity index is 2.15. The molecule has 0 aromatic rings. The third kappa shape index (κ3) is 2.17. The van der Waals surface area contributed by atoms with Crippen molar-refractivity contribution in [2.24, 2.45) is 10.9 Å². The van der Waals surface area contributed by atoms with E-state index in [2.05, 4.69) is 11.7 Å². The van der Waals surface area contributed by atoms with E-state index in [-0.39, 0.29) is 0 Å². The monoisotopic (exact) mass is 125 g/mol. The zero-order valence-electron chi connectivity index (χ0n) is 5.97. The Morgan fingerprint density at radius 1 is 1.22 bits per heavy atom. The standard InChI is InChI=1S/C8H15N/c1-9-7-8-5-3-2-4-6-8/h8H,1-7H2. The predicted molar refractivity (Wildman–Crippen MR) is 41.0 cm³/mol. The normalized spacial score (nSPS) is 21.8. The van der Waals surface area contributed by atoms with Crippen LogP contribution in [0.4, 0.5) is 0 Å². The highest BCUT2D eigenvalue weighted by Gasteiger charge is 2.11. The van der Waals surface area contributed by atoms with E-state index in [1.165, 1.54) is 32.1 Å². The van der Waals surface area contributed by atoms with Crippen LogP contribution < -0.4 is 0 Å². The summed E-state index contributed by atoms with van der Waals surface area (Å²) in [6.07, 6.45) is 7.05. The topological polar surface area (TPSA) is 12.4 Å². The average molecular weight is 125 g/mol. The van der Waals surface area contributed by atoms with E-state index in [0.29, 0.717) is 0 Å². The lowest BCUT2D eigenvalue weighted by molar-refractivity contribution is 0.367. The molecule has 0 spiro atoms. The Hall–Kier alpha value is -0.330. The van der Waals surface area contributed by atoms with Gasteiger partial charge in [0, 0.05) is 6.54 Å². The lowest BCUT2D eigenvalue weighted by Gasteiger charge is -2.18. The molecule has 0 atom stereocenters. The first kappa shape index (κ1) is 6.79. The second kappa shape index (κ2) is 3.65. The van der Waals surface area contributed by atoms with Crippen LogP contribution in [0.2, 0.25) is 0 Å². The molecule has 0 aromatic carbocycles. The summed E-state index contributed by atoms with van der Waals surface area (Å²) in [6.45, 7) is 4.50. The van der Waals surface area contributed by atoms with Gasteiger partial charge in [-0.2, -0.15) is 0 Å². The van der Waals surface area contributed by atoms with Crippen molar-refractivity contribution in [1.29, 1.82) is 0 Å². The SMILES string of the molecule is C=NCC1CCCCC1. The molecule has 1 aliphatic carbocycles. The van der Waals surface area contributed by atoms with Gasteiger partial charge in [-0.25, -0.2) is 0 Å². The summed E-state index contributed by atoms with van der Waals surface area (Å²) >= 11 is 0. The molecule has 0 amide bonds. The molecule has 1 fully saturated rings. The van der Waals surface area contributed by atoms with E-state index in [0.717, 1.165) is 12.5 Å². The highest BCUT2D eigenvalue weighted by Crippen LogP contribution is 2.23. The molecule has 0 bridgehead atoms. The summed E-state index contributed by atoms with van der Waals surface area (Å²) in [6, 6.07) is 0. The average Bonchev–Trinajstić information content (AvgIpc) is 1.91. The number of hydrogen-bond donors (Lipinski definition) is 0. The summed E-state index contributed by atoms with van der Waals surface area (Å²) in [5.74, 6) is 0.872. The van der Waals surface area contributed by atoms with Crippen molar-refractivity contribution in [3.63, 3.8) is 0 Å². The zero-order chi connectivity index (χ0) is 6.53. The van der Waals surface area contributed by atoms with Gasteiger partial charge in [0.05, 0.1) is 0 Å². The highest BCUT2D eigenvalue weighted by atomic mass is 14.7. The fourth-order valence-electron chi connectivity index (χ4n) is 1.55. The number of nitrogens with zero attached hydrogens (tertiary/aromatic N) is 1. The lowest BCUT2D eigenvalue weighted by atomic mass is 9.89. The summed E-state index contributed by atoms with van der Waals surface area (Å²) in [5, 5.41) is 0. The van der Waals surface area contributed by atoms with Gasteiger partial charge < -0.3 is 4.99 Å². The Morgan fingerprint density at radius 2 is 1.89 bits per heavy atom. The van der Waals surface area contributed by atoms with Crippen molar-refractivity contribution in [2.75, 3.05) is 6.54 Å². The van der Waals surface area contributed by atoms with Crippen molar-refractivity contribution in [3.8, 4) is 0 Å². The quantitative estimate of drug-likeness (QED) is 0.502. The van der Waals surface area contributed by atoms with Crippen LogP contribution in [0, 0.1) is 5.92 Å². The third-order valence-electron chi connectivity index (χ3n) is 2.11. The van der Waals surface area contributed by atoms with Crippen LogP contribution in [-0.2, 0) is 0 Å². The van der Waals surface area contributed by atoms with Crippen molar-refractivity contribution in [2.45, 2.75) is 32.1 Å². The largest absolute Gasteiger partial charge is 0.301 e. The van der Waals surface area contributed by atoms with E-state index in [9.17, 15) is 0 Å². The molecule has 0 heterocycles. The first-order valence-electron chi connectivity index (χ1n) is 3.86. The van der Waals surface area contributed by atoms with Crippen LogP contribution in [0.25, 0.3) is 0 Å². The van der Waals surface area contributed by atoms with Crippen molar-refractivity contribution in [1.82, 2.24) is 0 Å². The van der Waals surface area contributed by atoms with E-state index in [1.54, 1.807) is 0 Å². The molecule has 52 valence electrons. The van der Waals surface area contributed by atoms with Crippen LogP contribution >= 0.6 is 0 Å². The maximum atomic E-state index is 3.91. The van der Waals surface area contributed by atoms with Crippen LogP contribution in [0.15, 0.2) is 4.99 Å². The second-order valence-corrected chi connectivity index (χ2v) is 2.91. The number of aliphatic imine (C=N–C) groups is 1. The molecule has 1 nitrogen and oxygen atoms in total. The minimum atomic E-state index is 0.872. The van der Waals surface area contributed by atoms with Crippen LogP contribution in [0.1, 0.15) is 32.1 Å². The van der Waals surface area contributed by atoms with Gasteiger partial charge >= 0.3 is 0 Å². The van der Waals surface area contributed by atoms with Crippen LogP contribution in [-0.4, -0.2) is 13.3 Å². The Labute approximate surface area is 57.2 Å². The van der Waals surface area contributed by atoms with Gasteiger partial charge in [-0.1, -0.05) is 19.3 Å². The van der Waals surface area contributed by atoms with Gasteiger partial charge in [-0.05, 0) is 25.5 Å². The lowest BCUT2D eigenvalue weighted by Crippen LogP contribution is -2.08. The predicted octanol–water partition coefficient (Wildman–Crippen LogP) is 2.27. The van der Waals surface area contributed by atoms with Gasteiger partial charge in [-0.15, -0.1) is 0 Å². The molecule has 0 unspecified atom stereocenters. The maximum absolute atomic E-state index is 3.91. The van der Waals surface area contributed by atoms with E-state index < -0.39 is 0 Å². The fraction of sp³-hybridized carbons (Fsp3) is 0.875. The molecular formula is C8H15N. The van der Waals surface area contributed by atoms with Gasteiger partial charge in [0.2, 0.25) is 0 Å². The molecule has 0 radical (unpaired) electrons. The molecule has 1 heteroatoms. The molecule has 0 N–H and O–H groups in total. The Kier molecular flexibility index (Phi) is 2.75. The van der Waals surface area contributed by atoms with Crippen molar-refractivity contribution in [3.05, 3.63) is 0 Å². The van der Waals surface area contributed by atoms with E-state index >= 15 is 0 Å². The smallest absolute Gasteiger partial charge is 0.0410 e. The summed E-state index contributed by atoms with van der Waals surface area (Å²) in [5.41, 5.74) is 0. The first-order valence-corrected chi connectivity index (χ1v) is 3.86. The molecule has 0 saturated heterocycles. The minimum absolute atomic E-state index is 0.872. The van der Waals surface area contributed by atoms with E-state index in [1.807, 2.05) is 0 Å². The second-order valence-electron chi connectivity index (χ2n) is 2.91. The number of hydrogen-bond acceptors (Lipinski definition) is 1. The molecule has 0 aromatic heterocycles. The van der Waals surface area contributed by atoms with Gasteiger partial charge in [-0.3, -0.25) is 0 Å². The zero-order valence-corrected chi connectivity index (χ0v) is 5.97. The molecule has 1 rings (SSSR count). The molecule has 1 aliphatic rings. The summed E-state index contributed by atoms with van der Waals surface area (Å²) in [7, 11) is 0. The summed E-state index contributed by atoms with van der Waals surface area (Å²) in [4.78, 5) is 3.91. The summed E-state index contributed by atoms with van der Waals surface area (Å²) < 4.78 is 0. The van der Waals surface area contributed by atoms with Gasteiger partial charge in [0.25, 0.3) is 0 Å². The minimum Gasteiger partial charge on any atom is -0.301 e. The maximum Gasteiger partial charge on any atom is 0.0410 e. The fourth-order valence-corrected chi connectivity index (χ4v) is 1.55. The first-order chi connectivity index (χ1) is 4.43. The van der Waals surface area contributed by atoms with Gasteiger partial charge in [0.15, 0.2) is 0 Å². The molecule has 0 aliphatic heterocycles. The Morgan fingerprint density at radius 3 is 2.44 bits per heavy atom. The van der Waals surface area contributed by atoms with Crippen molar-refractivity contribution >= 4 is 6.72 Å². The molecule has 9 heavy (non-hydrogen) atoms. The van der Waals surface area contributed by atoms with Crippen LogP contribution in [0.3, 0.4) is 0 Å². The van der Waals surface area contributed by atoms with Crippen molar-refractivity contribution < 1.29 is 0 Å². The van der Waals surface area contributed by atoms with E-state index in [4.69, 9.17) is 0 Å². The Bertz CT molecular complexity index is 82.6. The van der Waals surface area contributed by atoms with Gasteiger partial charge in [0.1, 0.15) is 0 Å². The third-order valence-corrected chi connectivity index (χ3v) is 2.11.